The van der Waals surface area contributed by atoms with Crippen molar-refractivity contribution < 1.29 is 23.5 Å². The fourth-order valence-corrected chi connectivity index (χ4v) is 4.27. The summed E-state index contributed by atoms with van der Waals surface area (Å²) in [4.78, 5) is 24.0. The van der Waals surface area contributed by atoms with Gasteiger partial charge in [0.05, 0.1) is 4.91 Å². The lowest BCUT2D eigenvalue weighted by molar-refractivity contribution is -0.137. The number of hydrazine groups is 1. The van der Waals surface area contributed by atoms with E-state index >= 15 is 0 Å². The predicted molar refractivity (Wildman–Crippen MR) is 100 cm³/mol. The van der Waals surface area contributed by atoms with Crippen LogP contribution in [0.15, 0.2) is 34.6 Å². The molecule has 0 aliphatic carbocycles. The number of aliphatic carboxylic acids is 1. The van der Waals surface area contributed by atoms with E-state index in [4.69, 9.17) is 17.3 Å². The van der Waals surface area contributed by atoms with Crippen LogP contribution in [0.4, 0.5) is 8.78 Å². The van der Waals surface area contributed by atoms with Crippen LogP contribution in [0.1, 0.15) is 4.88 Å². The molecule has 1 amide bonds. The van der Waals surface area contributed by atoms with E-state index < -0.39 is 30.1 Å². The van der Waals surface area contributed by atoms with Gasteiger partial charge in [0.1, 0.15) is 6.54 Å². The largest absolute Gasteiger partial charge is 0.480 e. The van der Waals surface area contributed by atoms with Gasteiger partial charge in [0.2, 0.25) is 0 Å². The van der Waals surface area contributed by atoms with Crippen LogP contribution < -0.4 is 5.43 Å². The molecule has 0 spiro atoms. The fourth-order valence-electron chi connectivity index (χ4n) is 2.14. The Bertz CT molecular complexity index is 943. The first-order valence-electron chi connectivity index (χ1n) is 7.12. The van der Waals surface area contributed by atoms with Crippen molar-refractivity contribution >= 4 is 57.6 Å². The molecule has 0 bridgehead atoms. The highest BCUT2D eigenvalue weighted by Crippen LogP contribution is 2.34. The number of amides is 1. The Hall–Kier alpha value is -2.14. The van der Waals surface area contributed by atoms with Crippen LogP contribution in [0.2, 0.25) is 0 Å². The molecule has 3 rings (SSSR count). The Morgan fingerprint density at radius 3 is 2.73 bits per heavy atom. The Labute approximate surface area is 160 Å². The highest BCUT2D eigenvalue weighted by atomic mass is 32.2. The molecule has 134 valence electrons. The smallest absolute Gasteiger partial charge is 0.319 e. The van der Waals surface area contributed by atoms with Crippen molar-refractivity contribution in [3.05, 3.63) is 51.1 Å². The molecule has 0 unspecified atom stereocenters. The molecule has 1 fully saturated rings. The van der Waals surface area contributed by atoms with Gasteiger partial charge in [-0.2, -0.15) is 0 Å². The number of carbonyl (C=O) groups is 2. The van der Waals surface area contributed by atoms with E-state index in [9.17, 15) is 18.4 Å². The topological polar surface area (TPSA) is 69.6 Å². The number of hydrogen-bond acceptors (Lipinski definition) is 6. The Kier molecular flexibility index (Phi) is 5.47. The van der Waals surface area contributed by atoms with Crippen LogP contribution >= 0.6 is 35.3 Å². The van der Waals surface area contributed by atoms with Gasteiger partial charge < -0.3 is 5.11 Å². The molecule has 26 heavy (non-hydrogen) atoms. The minimum atomic E-state index is -1.11. The summed E-state index contributed by atoms with van der Waals surface area (Å²) in [6.07, 6.45) is 1.62. The molecule has 10 heteroatoms. The van der Waals surface area contributed by atoms with E-state index in [-0.39, 0.29) is 4.32 Å². The third-order valence-electron chi connectivity index (χ3n) is 3.33. The number of thiocarbonyl (C=S) groups is 1. The number of hydrogen-bond donors (Lipinski definition) is 2. The number of carboxylic acid groups (broad SMARTS) is 1. The second-order valence-electron chi connectivity index (χ2n) is 5.11. The van der Waals surface area contributed by atoms with E-state index in [1.165, 1.54) is 17.4 Å². The number of nitrogens with zero attached hydrogens (tertiary/aromatic N) is 1. The first kappa shape index (κ1) is 18.6. The molecular formula is C16H10F2N2O3S3. The number of carbonyl (C=O) groups excluding carboxylic acids is 1. The monoisotopic (exact) mass is 412 g/mol. The first-order valence-corrected chi connectivity index (χ1v) is 9.23. The number of carboxylic acids is 1. The SMILES string of the molecule is O=C(O)CNN1C(=O)/C(=C/c2cc(-c3ccc(F)c(F)c3)cs2)SC1=S. The molecule has 0 saturated carbocycles. The van der Waals surface area contributed by atoms with Crippen LogP contribution in [0.3, 0.4) is 0 Å². The average molecular weight is 412 g/mol. The lowest BCUT2D eigenvalue weighted by Gasteiger charge is -2.13. The zero-order valence-electron chi connectivity index (χ0n) is 12.9. The minimum Gasteiger partial charge on any atom is -0.480 e. The summed E-state index contributed by atoms with van der Waals surface area (Å²) in [6, 6.07) is 5.38. The predicted octanol–water partition coefficient (Wildman–Crippen LogP) is 3.48. The third-order valence-corrected chi connectivity index (χ3v) is 5.51. The molecule has 0 radical (unpaired) electrons. The first-order chi connectivity index (χ1) is 12.3. The lowest BCUT2D eigenvalue weighted by Crippen LogP contribution is -2.43. The molecule has 2 aromatic rings. The summed E-state index contributed by atoms with van der Waals surface area (Å²) in [6.45, 7) is -0.432. The Morgan fingerprint density at radius 1 is 1.27 bits per heavy atom. The van der Waals surface area contributed by atoms with E-state index in [1.54, 1.807) is 17.5 Å². The van der Waals surface area contributed by atoms with Gasteiger partial charge in [-0.15, -0.1) is 11.3 Å². The number of thioether (sulfide) groups is 1. The maximum absolute atomic E-state index is 13.4. The summed E-state index contributed by atoms with van der Waals surface area (Å²) in [5.74, 6) is -3.40. The van der Waals surface area contributed by atoms with Crippen molar-refractivity contribution in [1.82, 2.24) is 10.4 Å². The summed E-state index contributed by atoms with van der Waals surface area (Å²) < 4.78 is 26.6. The average Bonchev–Trinajstić information content (AvgIpc) is 3.14. The molecular weight excluding hydrogens is 402 g/mol. The normalized spacial score (nSPS) is 15.9. The molecule has 1 aromatic carbocycles. The van der Waals surface area contributed by atoms with Crippen LogP contribution in [0, 0.1) is 11.6 Å². The minimum absolute atomic E-state index is 0.208. The van der Waals surface area contributed by atoms with Crippen molar-refractivity contribution in [2.75, 3.05) is 6.54 Å². The van der Waals surface area contributed by atoms with E-state index in [0.29, 0.717) is 16.0 Å². The van der Waals surface area contributed by atoms with Gasteiger partial charge in [0.15, 0.2) is 16.0 Å². The molecule has 2 heterocycles. The van der Waals surface area contributed by atoms with Gasteiger partial charge in [-0.3, -0.25) is 9.59 Å². The molecule has 1 aliphatic heterocycles. The van der Waals surface area contributed by atoms with Crippen molar-refractivity contribution in [3.63, 3.8) is 0 Å². The van der Waals surface area contributed by atoms with Gasteiger partial charge in [-0.25, -0.2) is 19.2 Å². The summed E-state index contributed by atoms with van der Waals surface area (Å²) in [7, 11) is 0. The van der Waals surface area contributed by atoms with Crippen molar-refractivity contribution in [1.29, 1.82) is 0 Å². The van der Waals surface area contributed by atoms with Crippen LogP contribution in [0.25, 0.3) is 17.2 Å². The highest BCUT2D eigenvalue weighted by molar-refractivity contribution is 8.26. The van der Waals surface area contributed by atoms with Crippen LogP contribution in [-0.2, 0) is 9.59 Å². The second kappa shape index (κ2) is 7.62. The van der Waals surface area contributed by atoms with E-state index in [1.807, 2.05) is 0 Å². The zero-order chi connectivity index (χ0) is 18.8. The van der Waals surface area contributed by atoms with E-state index in [0.717, 1.165) is 33.8 Å². The van der Waals surface area contributed by atoms with Crippen LogP contribution in [0.5, 0.6) is 0 Å². The number of rotatable bonds is 5. The fraction of sp³-hybridized carbons (Fsp3) is 0.0625. The van der Waals surface area contributed by atoms with Crippen molar-refractivity contribution in [3.8, 4) is 11.1 Å². The van der Waals surface area contributed by atoms with Gasteiger partial charge >= 0.3 is 5.97 Å². The van der Waals surface area contributed by atoms with E-state index in [2.05, 4.69) is 5.43 Å². The number of thiophene rings is 1. The van der Waals surface area contributed by atoms with Crippen LogP contribution in [-0.4, -0.2) is 32.9 Å². The van der Waals surface area contributed by atoms with Gasteiger partial charge in [-0.1, -0.05) is 30.0 Å². The summed E-state index contributed by atoms with van der Waals surface area (Å²) >= 11 is 7.45. The Morgan fingerprint density at radius 2 is 2.04 bits per heavy atom. The standard InChI is InChI=1S/C16H10F2N2O3S3/c17-11-2-1-8(4-12(11)18)9-3-10(25-7-9)5-13-15(23)20(16(24)26-13)19-6-14(21)22/h1-5,7,19H,6H2,(H,21,22)/b13-5-. The molecule has 2 N–H and O–H groups in total. The van der Waals surface area contributed by atoms with Crippen molar-refractivity contribution in [2.24, 2.45) is 0 Å². The van der Waals surface area contributed by atoms with Gasteiger partial charge in [0, 0.05) is 4.88 Å². The molecule has 5 nitrogen and oxygen atoms in total. The lowest BCUT2D eigenvalue weighted by atomic mass is 10.1. The van der Waals surface area contributed by atoms with Crippen molar-refractivity contribution in [2.45, 2.75) is 0 Å². The maximum Gasteiger partial charge on any atom is 0.319 e. The summed E-state index contributed by atoms with van der Waals surface area (Å²) in [5.41, 5.74) is 3.66. The zero-order valence-corrected chi connectivity index (χ0v) is 15.3. The molecule has 1 aliphatic rings. The number of nitrogens with one attached hydrogen (secondary N) is 1. The quantitative estimate of drug-likeness (QED) is 0.579. The molecule has 1 aromatic heterocycles. The van der Waals surface area contributed by atoms with Gasteiger partial charge in [-0.05, 0) is 40.8 Å². The number of halogens is 2. The third kappa shape index (κ3) is 3.98. The molecule has 1 saturated heterocycles. The van der Waals surface area contributed by atoms with Gasteiger partial charge in [0.25, 0.3) is 5.91 Å². The Balaban J connectivity index is 1.79. The summed E-state index contributed by atoms with van der Waals surface area (Å²) in [5, 5.41) is 11.5. The number of benzene rings is 1. The highest BCUT2D eigenvalue weighted by Gasteiger charge is 2.32. The second-order valence-corrected chi connectivity index (χ2v) is 7.73. The molecule has 0 atom stereocenters. The maximum atomic E-state index is 13.4.